The van der Waals surface area contributed by atoms with Crippen LogP contribution in [0.3, 0.4) is 0 Å². The molecule has 7 rings (SSSR count). The fraction of sp³-hybridized carbons (Fsp3) is 0.567. The monoisotopic (exact) mass is 506 g/mol. The number of ether oxygens (including phenoxy) is 1. The molecule has 8 atom stereocenters. The van der Waals surface area contributed by atoms with E-state index < -0.39 is 28.3 Å². The van der Waals surface area contributed by atoms with Crippen molar-refractivity contribution < 1.29 is 14.9 Å². The topological polar surface area (TPSA) is 65.8 Å². The lowest BCUT2D eigenvalue weighted by Gasteiger charge is -2.61. The van der Waals surface area contributed by atoms with E-state index in [-0.39, 0.29) is 17.4 Å². The summed E-state index contributed by atoms with van der Waals surface area (Å²) in [4.78, 5) is 5.94. The van der Waals surface area contributed by atoms with Crippen LogP contribution in [-0.4, -0.2) is 68.5 Å². The van der Waals surface area contributed by atoms with Crippen molar-refractivity contribution in [2.75, 3.05) is 14.1 Å². The van der Waals surface area contributed by atoms with E-state index in [0.29, 0.717) is 6.42 Å². The van der Waals surface area contributed by atoms with E-state index in [1.165, 1.54) is 16.5 Å². The van der Waals surface area contributed by atoms with Gasteiger partial charge in [-0.3, -0.25) is 4.98 Å². The third-order valence-electron chi connectivity index (χ3n) is 10.6. The standard InChI is InChI=1S/C30H35ClN2O3/c1-27-11-13-29(31)16-21-25(34)26(35)23(33(2)3)17-28(21)12-14-30(29,36-28)24(27)10-9-20(27)18-6-4-8-22-19(18)7-5-15-32-22/h4-9,15-16,23-26,34-35H,10-14,17H2,1-3H3. The number of pyridine rings is 1. The minimum Gasteiger partial charge on any atom is -0.388 e. The van der Waals surface area contributed by atoms with Gasteiger partial charge < -0.3 is 19.8 Å². The molecule has 1 saturated heterocycles. The van der Waals surface area contributed by atoms with Gasteiger partial charge in [-0.25, -0.2) is 0 Å². The maximum absolute atomic E-state index is 11.2. The Kier molecular flexibility index (Phi) is 4.82. The molecule has 5 aliphatic rings. The summed E-state index contributed by atoms with van der Waals surface area (Å²) in [5.74, 6) is 0.247. The van der Waals surface area contributed by atoms with Crippen molar-refractivity contribution >= 4 is 28.1 Å². The van der Waals surface area contributed by atoms with Gasteiger partial charge in [-0.1, -0.05) is 37.3 Å². The van der Waals surface area contributed by atoms with Crippen molar-refractivity contribution in [2.24, 2.45) is 11.3 Å². The molecule has 3 heterocycles. The summed E-state index contributed by atoms with van der Waals surface area (Å²) in [5, 5.41) is 23.4. The Labute approximate surface area is 217 Å². The average molecular weight is 507 g/mol. The molecule has 8 unspecified atom stereocenters. The molecule has 2 saturated carbocycles. The predicted octanol–water partition coefficient (Wildman–Crippen LogP) is 4.70. The van der Waals surface area contributed by atoms with E-state index in [0.717, 1.165) is 43.2 Å². The van der Waals surface area contributed by atoms with Gasteiger partial charge >= 0.3 is 0 Å². The second kappa shape index (κ2) is 7.42. The van der Waals surface area contributed by atoms with Crippen molar-refractivity contribution in [1.29, 1.82) is 0 Å². The van der Waals surface area contributed by atoms with Crippen molar-refractivity contribution in [2.45, 2.75) is 79.8 Å². The Morgan fingerprint density at radius 1 is 1.08 bits per heavy atom. The van der Waals surface area contributed by atoms with E-state index in [1.807, 2.05) is 31.3 Å². The molecule has 2 bridgehead atoms. The van der Waals surface area contributed by atoms with Crippen molar-refractivity contribution in [3.63, 3.8) is 0 Å². The van der Waals surface area contributed by atoms with Crippen LogP contribution in [0.25, 0.3) is 16.5 Å². The molecule has 3 fully saturated rings. The first kappa shape index (κ1) is 23.4. The van der Waals surface area contributed by atoms with Crippen LogP contribution in [0.5, 0.6) is 0 Å². The summed E-state index contributed by atoms with van der Waals surface area (Å²) < 4.78 is 7.29. The lowest BCUT2D eigenvalue weighted by Crippen LogP contribution is -2.68. The fourth-order valence-corrected chi connectivity index (χ4v) is 9.22. The smallest absolute Gasteiger partial charge is 0.105 e. The van der Waals surface area contributed by atoms with Crippen LogP contribution in [0.4, 0.5) is 0 Å². The third-order valence-corrected chi connectivity index (χ3v) is 11.2. The number of aromatic nitrogens is 1. The number of aliphatic hydroxyl groups is 2. The zero-order chi connectivity index (χ0) is 25.1. The average Bonchev–Trinajstić information content (AvgIpc) is 3.39. The Morgan fingerprint density at radius 3 is 2.72 bits per heavy atom. The molecule has 2 N–H and O–H groups in total. The number of likely N-dealkylation sites (N-methyl/N-ethyl adjacent to an activating group) is 1. The first-order valence-electron chi connectivity index (χ1n) is 13.3. The van der Waals surface area contributed by atoms with Gasteiger partial charge in [0.1, 0.15) is 6.10 Å². The molecule has 0 radical (unpaired) electrons. The minimum absolute atomic E-state index is 0.0624. The van der Waals surface area contributed by atoms with Crippen LogP contribution < -0.4 is 0 Å². The van der Waals surface area contributed by atoms with Crippen LogP contribution in [0, 0.1) is 11.3 Å². The highest BCUT2D eigenvalue weighted by molar-refractivity contribution is 6.26. The maximum atomic E-state index is 11.2. The normalized spacial score (nSPS) is 45.2. The summed E-state index contributed by atoms with van der Waals surface area (Å²) in [6, 6.07) is 10.5. The SMILES string of the molecule is CN(C)C1CC23CCC4(O2)C2CC=C(c5cccc6ncccc56)C2(C)CCC4(Cl)C=C3C(O)C1O. The summed E-state index contributed by atoms with van der Waals surface area (Å²) in [6.45, 7) is 2.41. The van der Waals surface area contributed by atoms with Gasteiger partial charge in [0.2, 0.25) is 0 Å². The highest BCUT2D eigenvalue weighted by Crippen LogP contribution is 2.72. The largest absolute Gasteiger partial charge is 0.388 e. The first-order valence-corrected chi connectivity index (χ1v) is 13.7. The van der Waals surface area contributed by atoms with Crippen LogP contribution in [0.2, 0.25) is 0 Å². The van der Waals surface area contributed by atoms with E-state index in [2.05, 4.69) is 48.3 Å². The second-order valence-electron chi connectivity index (χ2n) is 12.3. The zero-order valence-electron chi connectivity index (χ0n) is 21.2. The van der Waals surface area contributed by atoms with Gasteiger partial charge in [-0.2, -0.15) is 0 Å². The van der Waals surface area contributed by atoms with Gasteiger partial charge in [0.25, 0.3) is 0 Å². The van der Waals surface area contributed by atoms with Crippen molar-refractivity contribution in [3.8, 4) is 0 Å². The molecule has 2 aromatic rings. The number of nitrogens with zero attached hydrogens (tertiary/aromatic N) is 2. The first-order chi connectivity index (χ1) is 17.1. The number of allylic oxidation sites excluding steroid dienone is 2. The second-order valence-corrected chi connectivity index (χ2v) is 13.0. The molecule has 3 aliphatic carbocycles. The highest BCUT2D eigenvalue weighted by Gasteiger charge is 2.73. The van der Waals surface area contributed by atoms with Crippen molar-refractivity contribution in [1.82, 2.24) is 9.88 Å². The Hall–Kier alpha value is -1.76. The number of aliphatic hydroxyl groups excluding tert-OH is 2. The molecule has 2 aliphatic heterocycles. The van der Waals surface area contributed by atoms with E-state index >= 15 is 0 Å². The van der Waals surface area contributed by atoms with Crippen LogP contribution in [-0.2, 0) is 4.74 Å². The van der Waals surface area contributed by atoms with E-state index in [1.54, 1.807) is 0 Å². The number of rotatable bonds is 2. The van der Waals surface area contributed by atoms with E-state index in [9.17, 15) is 10.2 Å². The van der Waals surface area contributed by atoms with E-state index in [4.69, 9.17) is 16.3 Å². The predicted molar refractivity (Wildman–Crippen MR) is 142 cm³/mol. The molecule has 6 heteroatoms. The fourth-order valence-electron chi connectivity index (χ4n) is 8.74. The molecular formula is C30H35ClN2O3. The Balaban J connectivity index is 1.33. The van der Waals surface area contributed by atoms with Crippen molar-refractivity contribution in [3.05, 3.63) is 59.8 Å². The highest BCUT2D eigenvalue weighted by atomic mass is 35.5. The quantitative estimate of drug-likeness (QED) is 0.456. The number of fused-ring (bicyclic) bond motifs is 2. The number of alkyl halides is 1. The van der Waals surface area contributed by atoms with Crippen LogP contribution in [0.1, 0.15) is 51.0 Å². The maximum Gasteiger partial charge on any atom is 0.105 e. The lowest BCUT2D eigenvalue weighted by molar-refractivity contribution is -0.199. The Morgan fingerprint density at radius 2 is 1.92 bits per heavy atom. The third kappa shape index (κ3) is 2.74. The molecule has 36 heavy (non-hydrogen) atoms. The van der Waals surface area contributed by atoms with Gasteiger partial charge in [0.05, 0.1) is 27.7 Å². The number of hydrogen-bond donors (Lipinski definition) is 2. The number of halogens is 1. The molecule has 2 spiro atoms. The summed E-state index contributed by atoms with van der Waals surface area (Å²) >= 11 is 7.57. The summed E-state index contributed by atoms with van der Waals surface area (Å²) in [5.41, 5.74) is 3.38. The summed E-state index contributed by atoms with van der Waals surface area (Å²) in [6.07, 6.45) is 9.66. The van der Waals surface area contributed by atoms with Gasteiger partial charge in [0, 0.05) is 23.5 Å². The molecule has 5 nitrogen and oxygen atoms in total. The molecule has 1 aromatic carbocycles. The van der Waals surface area contributed by atoms with Gasteiger partial charge in [-0.15, -0.1) is 11.6 Å². The zero-order valence-corrected chi connectivity index (χ0v) is 22.0. The molecule has 1 aromatic heterocycles. The van der Waals surface area contributed by atoms with Crippen LogP contribution in [0.15, 0.2) is 54.3 Å². The molecule has 190 valence electrons. The van der Waals surface area contributed by atoms with Gasteiger partial charge in [0.15, 0.2) is 0 Å². The summed E-state index contributed by atoms with van der Waals surface area (Å²) in [7, 11) is 3.93. The molecular weight excluding hydrogens is 472 g/mol. The van der Waals surface area contributed by atoms with Gasteiger partial charge in [-0.05, 0) is 86.9 Å². The minimum atomic E-state index is -0.952. The number of benzene rings is 1. The molecule has 0 amide bonds. The Bertz CT molecular complexity index is 1320. The lowest BCUT2D eigenvalue weighted by atomic mass is 9.54. The number of hydrogen-bond acceptors (Lipinski definition) is 5. The van der Waals surface area contributed by atoms with Crippen LogP contribution >= 0.6 is 11.6 Å².